The summed E-state index contributed by atoms with van der Waals surface area (Å²) in [7, 11) is 2.07. The number of nitrogens with two attached hydrogens (primary N) is 1. The molecule has 0 fully saturated rings. The first-order valence-corrected chi connectivity index (χ1v) is 11.5. The second-order valence-electron chi connectivity index (χ2n) is 8.20. The molecule has 0 aliphatic carbocycles. The molecule has 172 valence electrons. The van der Waals surface area contributed by atoms with Gasteiger partial charge in [-0.2, -0.15) is 4.98 Å². The van der Waals surface area contributed by atoms with Gasteiger partial charge in [0.25, 0.3) is 0 Å². The molecule has 0 atom stereocenters. The van der Waals surface area contributed by atoms with Crippen molar-refractivity contribution in [2.24, 2.45) is 7.05 Å². The number of anilines is 2. The van der Waals surface area contributed by atoms with Gasteiger partial charge in [-0.05, 0) is 43.5 Å². The number of fused-ring (bicyclic) bond motifs is 1. The first-order chi connectivity index (χ1) is 15.5. The van der Waals surface area contributed by atoms with Gasteiger partial charge in [0.15, 0.2) is 0 Å². The standard InChI is InChI=1S/C24H34N6O2/c1-3-13-29(15-16-30-14-12-22(25)27-24(30)32)19-10-11-21-20(18-19)26-23(28(21)2)9-7-5-4-6-8-17-31/h10-12,14,17-18H,3-9,13,15-16H2,1-2H3,(H2,25,27,32). The van der Waals surface area contributed by atoms with Crippen molar-refractivity contribution in [2.75, 3.05) is 23.7 Å². The van der Waals surface area contributed by atoms with Crippen LogP contribution < -0.4 is 16.3 Å². The van der Waals surface area contributed by atoms with E-state index in [9.17, 15) is 9.59 Å². The molecule has 0 radical (unpaired) electrons. The van der Waals surface area contributed by atoms with Gasteiger partial charge in [0.05, 0.1) is 11.0 Å². The molecule has 0 bridgehead atoms. The Balaban J connectivity index is 1.69. The van der Waals surface area contributed by atoms with Crippen LogP contribution in [0.5, 0.6) is 0 Å². The summed E-state index contributed by atoms with van der Waals surface area (Å²) < 4.78 is 3.76. The number of aryl methyl sites for hydroxylation is 2. The highest BCUT2D eigenvalue weighted by Gasteiger charge is 2.12. The molecule has 0 spiro atoms. The van der Waals surface area contributed by atoms with E-state index in [4.69, 9.17) is 10.7 Å². The summed E-state index contributed by atoms with van der Waals surface area (Å²) in [5.41, 5.74) is 8.49. The van der Waals surface area contributed by atoms with Crippen LogP contribution in [0.1, 0.15) is 51.3 Å². The molecule has 0 aliphatic heterocycles. The molecule has 3 rings (SSSR count). The maximum Gasteiger partial charge on any atom is 0.349 e. The number of carbonyl (C=O) groups excluding carboxylic acids is 1. The van der Waals surface area contributed by atoms with E-state index < -0.39 is 0 Å². The van der Waals surface area contributed by atoms with Crippen LogP contribution in [-0.4, -0.2) is 38.5 Å². The van der Waals surface area contributed by atoms with Crippen LogP contribution in [0, 0.1) is 0 Å². The van der Waals surface area contributed by atoms with Gasteiger partial charge in [-0.25, -0.2) is 9.78 Å². The average Bonchev–Trinajstić information content (AvgIpc) is 3.09. The second-order valence-corrected chi connectivity index (χ2v) is 8.20. The second kappa shape index (κ2) is 11.5. The molecule has 2 N–H and O–H groups in total. The fourth-order valence-electron chi connectivity index (χ4n) is 4.00. The molecule has 3 aromatic rings. The Morgan fingerprint density at radius 2 is 1.91 bits per heavy atom. The molecule has 2 aromatic heterocycles. The third-order valence-electron chi connectivity index (χ3n) is 5.79. The van der Waals surface area contributed by atoms with E-state index in [0.29, 0.717) is 19.5 Å². The molecule has 0 saturated carbocycles. The average molecular weight is 439 g/mol. The number of carbonyl (C=O) groups is 1. The van der Waals surface area contributed by atoms with E-state index in [2.05, 4.69) is 46.6 Å². The Bertz CT molecular complexity index is 1090. The third kappa shape index (κ3) is 5.96. The lowest BCUT2D eigenvalue weighted by Gasteiger charge is -2.24. The lowest BCUT2D eigenvalue weighted by molar-refractivity contribution is -0.107. The van der Waals surface area contributed by atoms with Gasteiger partial charge < -0.3 is 20.0 Å². The van der Waals surface area contributed by atoms with E-state index in [0.717, 1.165) is 73.9 Å². The molecular weight excluding hydrogens is 404 g/mol. The van der Waals surface area contributed by atoms with Gasteiger partial charge >= 0.3 is 5.69 Å². The number of nitrogens with zero attached hydrogens (tertiary/aromatic N) is 5. The Morgan fingerprint density at radius 1 is 1.09 bits per heavy atom. The lowest BCUT2D eigenvalue weighted by atomic mass is 10.1. The summed E-state index contributed by atoms with van der Waals surface area (Å²) in [6, 6.07) is 8.05. The Morgan fingerprint density at radius 3 is 2.66 bits per heavy atom. The Hall–Kier alpha value is -3.16. The van der Waals surface area contributed by atoms with Crippen molar-refractivity contribution in [3.8, 4) is 0 Å². The number of imidazole rings is 1. The monoisotopic (exact) mass is 438 g/mol. The molecule has 8 heteroatoms. The maximum atomic E-state index is 12.0. The largest absolute Gasteiger partial charge is 0.383 e. The predicted octanol–water partition coefficient (Wildman–Crippen LogP) is 3.32. The van der Waals surface area contributed by atoms with Crippen molar-refractivity contribution in [3.05, 3.63) is 46.8 Å². The van der Waals surface area contributed by atoms with Gasteiger partial charge in [-0.1, -0.05) is 19.8 Å². The topological polar surface area (TPSA) is 99.0 Å². The zero-order chi connectivity index (χ0) is 22.9. The van der Waals surface area contributed by atoms with Crippen LogP contribution in [0.25, 0.3) is 11.0 Å². The van der Waals surface area contributed by atoms with Crippen molar-refractivity contribution < 1.29 is 4.79 Å². The number of hydrogen-bond acceptors (Lipinski definition) is 6. The number of rotatable bonds is 13. The van der Waals surface area contributed by atoms with Crippen molar-refractivity contribution in [1.82, 2.24) is 19.1 Å². The number of unbranched alkanes of at least 4 members (excludes halogenated alkanes) is 4. The molecule has 0 unspecified atom stereocenters. The normalized spacial score (nSPS) is 11.2. The summed E-state index contributed by atoms with van der Waals surface area (Å²) in [5, 5.41) is 0. The van der Waals surface area contributed by atoms with Gasteiger partial charge in [0, 0.05) is 51.4 Å². The van der Waals surface area contributed by atoms with Crippen molar-refractivity contribution in [1.29, 1.82) is 0 Å². The number of nitrogen functional groups attached to an aromatic ring is 1. The highest BCUT2D eigenvalue weighted by atomic mass is 16.1. The Kier molecular flexibility index (Phi) is 8.41. The van der Waals surface area contributed by atoms with Crippen LogP contribution in [0.3, 0.4) is 0 Å². The molecule has 1 aromatic carbocycles. The first-order valence-electron chi connectivity index (χ1n) is 11.5. The Labute approximate surface area is 189 Å². The van der Waals surface area contributed by atoms with Crippen LogP contribution in [-0.2, 0) is 24.8 Å². The molecule has 8 nitrogen and oxygen atoms in total. The van der Waals surface area contributed by atoms with E-state index in [1.807, 2.05) is 0 Å². The molecule has 2 heterocycles. The third-order valence-corrected chi connectivity index (χ3v) is 5.79. The number of aldehydes is 1. The van der Waals surface area contributed by atoms with Crippen molar-refractivity contribution in [2.45, 2.75) is 58.4 Å². The smallest absolute Gasteiger partial charge is 0.349 e. The van der Waals surface area contributed by atoms with Gasteiger partial charge in [-0.15, -0.1) is 0 Å². The predicted molar refractivity (Wildman–Crippen MR) is 129 cm³/mol. The summed E-state index contributed by atoms with van der Waals surface area (Å²) >= 11 is 0. The number of aromatic nitrogens is 4. The van der Waals surface area contributed by atoms with Gasteiger partial charge in [0.1, 0.15) is 17.9 Å². The van der Waals surface area contributed by atoms with E-state index in [1.165, 1.54) is 0 Å². The van der Waals surface area contributed by atoms with Crippen LogP contribution in [0.15, 0.2) is 35.3 Å². The fourth-order valence-corrected chi connectivity index (χ4v) is 4.00. The molecule has 0 amide bonds. The zero-order valence-electron chi connectivity index (χ0n) is 19.2. The molecule has 32 heavy (non-hydrogen) atoms. The van der Waals surface area contributed by atoms with E-state index in [1.54, 1.807) is 16.8 Å². The maximum absolute atomic E-state index is 12.0. The van der Waals surface area contributed by atoms with Crippen molar-refractivity contribution >= 4 is 28.8 Å². The fraction of sp³-hybridized carbons (Fsp3) is 0.500. The van der Waals surface area contributed by atoms with E-state index in [-0.39, 0.29) is 11.5 Å². The van der Waals surface area contributed by atoms with Gasteiger partial charge in [-0.3, -0.25) is 4.57 Å². The zero-order valence-corrected chi connectivity index (χ0v) is 19.2. The first kappa shape index (κ1) is 23.5. The molecule has 0 saturated heterocycles. The molecular formula is C24H34N6O2. The summed E-state index contributed by atoms with van der Waals surface area (Å²) in [4.78, 5) is 33.4. The van der Waals surface area contributed by atoms with Gasteiger partial charge in [0.2, 0.25) is 0 Å². The number of benzene rings is 1. The minimum absolute atomic E-state index is 0.244. The highest BCUT2D eigenvalue weighted by molar-refractivity contribution is 5.80. The van der Waals surface area contributed by atoms with E-state index >= 15 is 0 Å². The number of hydrogen-bond donors (Lipinski definition) is 1. The lowest BCUT2D eigenvalue weighted by Crippen LogP contribution is -2.32. The summed E-state index contributed by atoms with van der Waals surface area (Å²) in [6.45, 7) is 4.28. The minimum atomic E-state index is -0.322. The minimum Gasteiger partial charge on any atom is -0.383 e. The quantitative estimate of drug-likeness (QED) is 0.325. The SMILES string of the molecule is CCCN(CCn1ccc(N)nc1=O)c1ccc2c(c1)nc(CCCCCCC=O)n2C. The van der Waals surface area contributed by atoms with Crippen LogP contribution in [0.4, 0.5) is 11.5 Å². The highest BCUT2D eigenvalue weighted by Crippen LogP contribution is 2.23. The summed E-state index contributed by atoms with van der Waals surface area (Å²) in [5.74, 6) is 1.34. The molecule has 0 aliphatic rings. The van der Waals surface area contributed by atoms with Crippen molar-refractivity contribution in [3.63, 3.8) is 0 Å². The van der Waals surface area contributed by atoms with Crippen LogP contribution in [0.2, 0.25) is 0 Å². The summed E-state index contributed by atoms with van der Waals surface area (Å²) in [6.07, 6.45) is 9.55. The van der Waals surface area contributed by atoms with Crippen LogP contribution >= 0.6 is 0 Å².